The van der Waals surface area contributed by atoms with Crippen LogP contribution in [0, 0.1) is 11.8 Å². The molecule has 0 spiro atoms. The molecule has 4 rings (SSSR count). The van der Waals surface area contributed by atoms with E-state index in [2.05, 4.69) is 31.1 Å². The van der Waals surface area contributed by atoms with Gasteiger partial charge in [0.15, 0.2) is 10.3 Å². The minimum Gasteiger partial charge on any atom is -0.301 e. The highest BCUT2D eigenvalue weighted by Crippen LogP contribution is 2.36. The number of rotatable bonds is 6. The maximum Gasteiger partial charge on any atom is 0.263 e. The van der Waals surface area contributed by atoms with Crippen LogP contribution in [0.5, 0.6) is 0 Å². The number of amides is 1. The largest absolute Gasteiger partial charge is 0.301 e. The second-order valence-electron chi connectivity index (χ2n) is 7.91. The summed E-state index contributed by atoms with van der Waals surface area (Å²) in [5.41, 5.74) is 1.25. The number of thiophene rings is 1. The molecule has 1 unspecified atom stereocenters. The molecule has 0 aromatic carbocycles. The van der Waals surface area contributed by atoms with Crippen molar-refractivity contribution in [2.45, 2.75) is 51.7 Å². The zero-order valence-corrected chi connectivity index (χ0v) is 19.2. The van der Waals surface area contributed by atoms with Crippen molar-refractivity contribution in [2.24, 2.45) is 11.8 Å². The number of carbonyl (C=O) groups is 1. The van der Waals surface area contributed by atoms with E-state index in [4.69, 9.17) is 4.98 Å². The molecule has 9 heteroatoms. The van der Waals surface area contributed by atoms with E-state index in [0.717, 1.165) is 29.5 Å². The van der Waals surface area contributed by atoms with Gasteiger partial charge in [-0.1, -0.05) is 32.5 Å². The summed E-state index contributed by atoms with van der Waals surface area (Å²) in [6.07, 6.45) is 4.76. The Balaban J connectivity index is 1.66. The molecule has 1 atom stereocenters. The Labute approximate surface area is 181 Å². The van der Waals surface area contributed by atoms with E-state index in [1.165, 1.54) is 33.5 Å². The lowest BCUT2D eigenvalue weighted by Gasteiger charge is -2.18. The zero-order chi connectivity index (χ0) is 20.5. The number of aromatic nitrogens is 3. The summed E-state index contributed by atoms with van der Waals surface area (Å²) in [4.78, 5) is 36.7. The monoisotopic (exact) mass is 448 g/mol. The first-order valence-electron chi connectivity index (χ1n) is 9.79. The molecular weight excluding hydrogens is 424 g/mol. The summed E-state index contributed by atoms with van der Waals surface area (Å²) < 4.78 is 1.76. The Hall–Kier alpha value is -1.71. The van der Waals surface area contributed by atoms with Gasteiger partial charge in [-0.25, -0.2) is 9.97 Å². The maximum atomic E-state index is 13.4. The second-order valence-corrected chi connectivity index (χ2v) is 10.8. The number of hydrogen-bond acceptors (Lipinski definition) is 7. The molecule has 3 aromatic rings. The number of hydrogen-bond donors (Lipinski definition) is 1. The lowest BCUT2D eigenvalue weighted by atomic mass is 9.89. The van der Waals surface area contributed by atoms with E-state index in [0.29, 0.717) is 28.7 Å². The van der Waals surface area contributed by atoms with Crippen LogP contribution in [0.1, 0.15) is 37.6 Å². The summed E-state index contributed by atoms with van der Waals surface area (Å²) in [6, 6.07) is 0. The van der Waals surface area contributed by atoms with Crippen LogP contribution < -0.4 is 10.9 Å². The van der Waals surface area contributed by atoms with Crippen molar-refractivity contribution >= 4 is 55.7 Å². The van der Waals surface area contributed by atoms with Gasteiger partial charge in [-0.15, -0.1) is 22.7 Å². The predicted octanol–water partition coefficient (Wildman–Crippen LogP) is 4.43. The summed E-state index contributed by atoms with van der Waals surface area (Å²) >= 11 is 4.35. The number of thiazole rings is 1. The standard InChI is InChI=1S/C20H24N4O2S3/c1-11(2)9-24-18(26)16-13-5-4-12(3)8-14(13)29-17(16)23-20(24)28-10-15(25)22-19-21-6-7-27-19/h6-7,11-12H,4-5,8-10H2,1-3H3,(H,21,22,25). The third kappa shape index (κ3) is 4.41. The highest BCUT2D eigenvalue weighted by molar-refractivity contribution is 7.99. The number of nitrogens with one attached hydrogen (secondary N) is 1. The van der Waals surface area contributed by atoms with Crippen LogP contribution >= 0.6 is 34.4 Å². The molecule has 0 bridgehead atoms. The van der Waals surface area contributed by atoms with Gasteiger partial charge in [0.25, 0.3) is 5.56 Å². The van der Waals surface area contributed by atoms with E-state index in [-0.39, 0.29) is 17.2 Å². The molecule has 29 heavy (non-hydrogen) atoms. The number of fused-ring (bicyclic) bond motifs is 3. The molecule has 1 amide bonds. The summed E-state index contributed by atoms with van der Waals surface area (Å²) in [7, 11) is 0. The van der Waals surface area contributed by atoms with Crippen LogP contribution in [-0.4, -0.2) is 26.2 Å². The quantitative estimate of drug-likeness (QED) is 0.446. The minimum atomic E-state index is -0.144. The smallest absolute Gasteiger partial charge is 0.263 e. The topological polar surface area (TPSA) is 76.9 Å². The first-order chi connectivity index (χ1) is 13.9. The lowest BCUT2D eigenvalue weighted by Crippen LogP contribution is -2.26. The third-order valence-electron chi connectivity index (χ3n) is 4.94. The van der Waals surface area contributed by atoms with E-state index in [1.54, 1.807) is 22.1 Å². The Bertz CT molecular complexity index is 1090. The molecule has 0 saturated heterocycles. The molecule has 6 nitrogen and oxygen atoms in total. The molecule has 1 aliphatic carbocycles. The fourth-order valence-corrected chi connectivity index (χ4v) is 6.39. The zero-order valence-electron chi connectivity index (χ0n) is 16.7. The molecule has 3 heterocycles. The van der Waals surface area contributed by atoms with Crippen molar-refractivity contribution in [1.29, 1.82) is 0 Å². The Morgan fingerprint density at radius 1 is 1.45 bits per heavy atom. The highest BCUT2D eigenvalue weighted by atomic mass is 32.2. The number of carbonyl (C=O) groups excluding carboxylic acids is 1. The Morgan fingerprint density at radius 2 is 2.28 bits per heavy atom. The van der Waals surface area contributed by atoms with Crippen molar-refractivity contribution in [3.05, 3.63) is 32.4 Å². The Kier molecular flexibility index (Phi) is 6.08. The first kappa shape index (κ1) is 20.6. The van der Waals surface area contributed by atoms with Crippen molar-refractivity contribution in [1.82, 2.24) is 14.5 Å². The fourth-order valence-electron chi connectivity index (χ4n) is 3.61. The maximum absolute atomic E-state index is 13.4. The molecule has 0 radical (unpaired) electrons. The minimum absolute atomic E-state index is 0.0404. The van der Waals surface area contributed by atoms with Gasteiger partial charge in [0.1, 0.15) is 4.83 Å². The summed E-state index contributed by atoms with van der Waals surface area (Å²) in [6.45, 7) is 7.04. The normalized spacial score (nSPS) is 16.3. The molecule has 3 aromatic heterocycles. The van der Waals surface area contributed by atoms with Gasteiger partial charge in [-0.3, -0.25) is 14.2 Å². The summed E-state index contributed by atoms with van der Waals surface area (Å²) in [5.74, 6) is 1.01. The van der Waals surface area contributed by atoms with Crippen LogP contribution in [0.15, 0.2) is 21.5 Å². The van der Waals surface area contributed by atoms with Crippen LogP contribution in [0.3, 0.4) is 0 Å². The van der Waals surface area contributed by atoms with E-state index in [9.17, 15) is 9.59 Å². The van der Waals surface area contributed by atoms with Gasteiger partial charge < -0.3 is 5.32 Å². The van der Waals surface area contributed by atoms with Crippen molar-refractivity contribution in [3.8, 4) is 0 Å². The average Bonchev–Trinajstić information content (AvgIpc) is 3.29. The van der Waals surface area contributed by atoms with Crippen molar-refractivity contribution < 1.29 is 4.79 Å². The molecule has 1 aliphatic rings. The van der Waals surface area contributed by atoms with Gasteiger partial charge in [0, 0.05) is 23.0 Å². The van der Waals surface area contributed by atoms with Gasteiger partial charge in [-0.2, -0.15) is 0 Å². The third-order valence-corrected chi connectivity index (χ3v) is 7.75. The number of nitrogens with zero attached hydrogens (tertiary/aromatic N) is 3. The second kappa shape index (κ2) is 8.57. The van der Waals surface area contributed by atoms with E-state index < -0.39 is 0 Å². The van der Waals surface area contributed by atoms with Crippen molar-refractivity contribution in [3.63, 3.8) is 0 Å². The predicted molar refractivity (Wildman–Crippen MR) is 121 cm³/mol. The van der Waals surface area contributed by atoms with Gasteiger partial charge in [0.05, 0.1) is 11.1 Å². The number of anilines is 1. The molecule has 0 saturated carbocycles. The van der Waals surface area contributed by atoms with Crippen LogP contribution in [0.2, 0.25) is 0 Å². The molecule has 154 valence electrons. The Morgan fingerprint density at radius 3 is 3.00 bits per heavy atom. The van der Waals surface area contributed by atoms with Crippen LogP contribution in [-0.2, 0) is 24.2 Å². The number of thioether (sulfide) groups is 1. The molecular formula is C20H24N4O2S3. The SMILES string of the molecule is CC(C)Cn1c(SCC(=O)Nc2nccs2)nc2sc3c(c2c1=O)CCC(C)C3. The van der Waals surface area contributed by atoms with Gasteiger partial charge >= 0.3 is 0 Å². The van der Waals surface area contributed by atoms with Gasteiger partial charge in [0.2, 0.25) is 5.91 Å². The van der Waals surface area contributed by atoms with Crippen molar-refractivity contribution in [2.75, 3.05) is 11.1 Å². The molecule has 1 N–H and O–H groups in total. The summed E-state index contributed by atoms with van der Waals surface area (Å²) in [5, 5.41) is 6.61. The number of aryl methyl sites for hydroxylation is 1. The molecule has 0 aliphatic heterocycles. The fraction of sp³-hybridized carbons (Fsp3) is 0.500. The van der Waals surface area contributed by atoms with Gasteiger partial charge in [-0.05, 0) is 36.7 Å². The van der Waals surface area contributed by atoms with E-state index in [1.807, 2.05) is 5.38 Å². The van der Waals surface area contributed by atoms with Crippen LogP contribution in [0.25, 0.3) is 10.2 Å². The highest BCUT2D eigenvalue weighted by Gasteiger charge is 2.25. The van der Waals surface area contributed by atoms with Crippen LogP contribution in [0.4, 0.5) is 5.13 Å². The van der Waals surface area contributed by atoms with E-state index >= 15 is 0 Å². The first-order valence-corrected chi connectivity index (χ1v) is 12.5. The lowest BCUT2D eigenvalue weighted by molar-refractivity contribution is -0.113. The average molecular weight is 449 g/mol. The molecule has 0 fully saturated rings.